The molecular weight excluding hydrogens is 244 g/mol. The summed E-state index contributed by atoms with van der Waals surface area (Å²) in [4.78, 5) is 0.111. The number of aryl methyl sites for hydroxylation is 1. The summed E-state index contributed by atoms with van der Waals surface area (Å²) in [7, 11) is -2.01. The second-order valence-electron chi connectivity index (χ2n) is 4.07. The molecule has 0 spiro atoms. The molecule has 0 aliphatic rings. The molecule has 1 rings (SSSR count). The summed E-state index contributed by atoms with van der Waals surface area (Å²) < 4.78 is 27.9. The number of nitrogens with one attached hydrogen (secondary N) is 1. The highest BCUT2D eigenvalue weighted by atomic mass is 32.2. The molecule has 0 aliphatic heterocycles. The van der Waals surface area contributed by atoms with E-state index in [4.69, 9.17) is 0 Å². The zero-order valence-corrected chi connectivity index (χ0v) is 10.7. The summed E-state index contributed by atoms with van der Waals surface area (Å²) in [5, 5.41) is 18.4. The van der Waals surface area contributed by atoms with Crippen molar-refractivity contribution < 1.29 is 18.6 Å². The molecule has 0 radical (unpaired) electrons. The highest BCUT2D eigenvalue weighted by Gasteiger charge is 2.32. The van der Waals surface area contributed by atoms with E-state index in [9.17, 15) is 18.6 Å². The Hall–Kier alpha value is -0.890. The molecule has 0 saturated carbocycles. The maximum Gasteiger partial charge on any atom is 0.242 e. The number of hydrogen-bond donors (Lipinski definition) is 3. The summed E-state index contributed by atoms with van der Waals surface area (Å²) in [5.41, 5.74) is -1.21. The van der Waals surface area contributed by atoms with Crippen LogP contribution in [0.3, 0.4) is 0 Å². The molecular formula is C10H18N2O4S. The first-order valence-electron chi connectivity index (χ1n) is 5.27. The first kappa shape index (κ1) is 14.2. The van der Waals surface area contributed by atoms with Gasteiger partial charge in [0.2, 0.25) is 10.0 Å². The molecule has 6 nitrogen and oxygen atoms in total. The fourth-order valence-electron chi connectivity index (χ4n) is 1.39. The van der Waals surface area contributed by atoms with Gasteiger partial charge in [0.25, 0.3) is 0 Å². The molecule has 98 valence electrons. The fraction of sp³-hybridized carbons (Fsp3) is 0.600. The van der Waals surface area contributed by atoms with Gasteiger partial charge in [-0.15, -0.1) is 0 Å². The van der Waals surface area contributed by atoms with Crippen molar-refractivity contribution in [2.24, 2.45) is 7.05 Å². The minimum absolute atomic E-state index is 0.111. The molecule has 0 saturated heterocycles. The van der Waals surface area contributed by atoms with Crippen molar-refractivity contribution in [2.45, 2.75) is 23.8 Å². The van der Waals surface area contributed by atoms with Crippen LogP contribution in [0, 0.1) is 0 Å². The summed E-state index contributed by atoms with van der Waals surface area (Å²) in [6.07, 6.45) is 3.36. The van der Waals surface area contributed by atoms with Gasteiger partial charge in [-0.05, 0) is 12.5 Å². The van der Waals surface area contributed by atoms with Crippen molar-refractivity contribution in [1.29, 1.82) is 0 Å². The normalized spacial score (nSPS) is 12.9. The zero-order chi connectivity index (χ0) is 13.1. The maximum atomic E-state index is 12.0. The lowest BCUT2D eigenvalue weighted by Crippen LogP contribution is -2.53. The van der Waals surface area contributed by atoms with Crippen LogP contribution in [-0.2, 0) is 17.1 Å². The Kier molecular flexibility index (Phi) is 4.31. The van der Waals surface area contributed by atoms with Crippen LogP contribution in [0.25, 0.3) is 0 Å². The van der Waals surface area contributed by atoms with Gasteiger partial charge in [0, 0.05) is 19.4 Å². The van der Waals surface area contributed by atoms with E-state index in [1.54, 1.807) is 24.7 Å². The van der Waals surface area contributed by atoms with E-state index >= 15 is 0 Å². The minimum atomic E-state index is -3.72. The van der Waals surface area contributed by atoms with Gasteiger partial charge in [0.05, 0.1) is 23.6 Å². The van der Waals surface area contributed by atoms with E-state index < -0.39 is 28.8 Å². The zero-order valence-electron chi connectivity index (χ0n) is 9.92. The van der Waals surface area contributed by atoms with E-state index in [0.717, 1.165) is 0 Å². The third kappa shape index (κ3) is 3.06. The molecule has 0 unspecified atom stereocenters. The Bertz CT molecular complexity index is 454. The van der Waals surface area contributed by atoms with Crippen LogP contribution in [0.1, 0.15) is 13.3 Å². The number of aliphatic hydroxyl groups is 2. The lowest BCUT2D eigenvalue weighted by molar-refractivity contribution is 0.105. The predicted molar refractivity (Wildman–Crippen MR) is 62.9 cm³/mol. The third-order valence-electron chi connectivity index (χ3n) is 2.75. The van der Waals surface area contributed by atoms with Gasteiger partial charge in [-0.1, -0.05) is 6.92 Å². The van der Waals surface area contributed by atoms with Crippen molar-refractivity contribution in [3.63, 3.8) is 0 Å². The minimum Gasteiger partial charge on any atom is -0.394 e. The second-order valence-corrected chi connectivity index (χ2v) is 5.75. The topological polar surface area (TPSA) is 91.6 Å². The van der Waals surface area contributed by atoms with Crippen LogP contribution in [0.2, 0.25) is 0 Å². The van der Waals surface area contributed by atoms with Gasteiger partial charge < -0.3 is 14.8 Å². The van der Waals surface area contributed by atoms with E-state index in [1.165, 1.54) is 12.3 Å². The number of sulfonamides is 1. The SMILES string of the molecule is CCC(CO)(CO)NS(=O)(=O)c1ccn(C)c1. The van der Waals surface area contributed by atoms with Crippen molar-refractivity contribution in [3.8, 4) is 0 Å². The average molecular weight is 262 g/mol. The molecule has 0 aromatic carbocycles. The molecule has 0 amide bonds. The van der Waals surface area contributed by atoms with Gasteiger partial charge in [-0.2, -0.15) is 0 Å². The van der Waals surface area contributed by atoms with Gasteiger partial charge in [0.1, 0.15) is 0 Å². The summed E-state index contributed by atoms with van der Waals surface area (Å²) in [6.45, 7) is 0.790. The highest BCUT2D eigenvalue weighted by molar-refractivity contribution is 7.89. The summed E-state index contributed by atoms with van der Waals surface area (Å²) in [5.74, 6) is 0. The van der Waals surface area contributed by atoms with Crippen molar-refractivity contribution in [2.75, 3.05) is 13.2 Å². The quantitative estimate of drug-likeness (QED) is 0.640. The van der Waals surface area contributed by atoms with Gasteiger partial charge in [0.15, 0.2) is 0 Å². The molecule has 0 bridgehead atoms. The molecule has 1 heterocycles. The second kappa shape index (κ2) is 5.18. The Morgan fingerprint density at radius 2 is 2.00 bits per heavy atom. The van der Waals surface area contributed by atoms with Gasteiger partial charge >= 0.3 is 0 Å². The third-order valence-corrected chi connectivity index (χ3v) is 4.31. The lowest BCUT2D eigenvalue weighted by Gasteiger charge is -2.28. The fourth-order valence-corrected chi connectivity index (χ4v) is 2.90. The summed E-state index contributed by atoms with van der Waals surface area (Å²) in [6, 6.07) is 1.46. The standard InChI is InChI=1S/C10H18N2O4S/c1-3-10(7-13,8-14)11-17(15,16)9-4-5-12(2)6-9/h4-6,11,13-14H,3,7-8H2,1-2H3. The predicted octanol–water partition coefficient (Wildman–Crippen LogP) is -0.563. The number of aliphatic hydroxyl groups excluding tert-OH is 2. The van der Waals surface area contributed by atoms with Crippen molar-refractivity contribution >= 4 is 10.0 Å². The molecule has 0 aliphatic carbocycles. The molecule has 0 atom stereocenters. The van der Waals surface area contributed by atoms with Crippen LogP contribution in [-0.4, -0.2) is 42.0 Å². The van der Waals surface area contributed by atoms with Crippen LogP contribution >= 0.6 is 0 Å². The van der Waals surface area contributed by atoms with E-state index in [2.05, 4.69) is 4.72 Å². The number of aromatic nitrogens is 1. The number of rotatable bonds is 6. The lowest BCUT2D eigenvalue weighted by atomic mass is 10.0. The molecule has 3 N–H and O–H groups in total. The molecule has 0 fully saturated rings. The first-order chi connectivity index (χ1) is 7.89. The Morgan fingerprint density at radius 1 is 1.41 bits per heavy atom. The Balaban J connectivity index is 3.00. The smallest absolute Gasteiger partial charge is 0.242 e. The van der Waals surface area contributed by atoms with Crippen LogP contribution in [0.4, 0.5) is 0 Å². The van der Waals surface area contributed by atoms with E-state index in [1.807, 2.05) is 0 Å². The summed E-state index contributed by atoms with van der Waals surface area (Å²) >= 11 is 0. The van der Waals surface area contributed by atoms with Crippen molar-refractivity contribution in [3.05, 3.63) is 18.5 Å². The maximum absolute atomic E-state index is 12.0. The largest absolute Gasteiger partial charge is 0.394 e. The van der Waals surface area contributed by atoms with E-state index in [0.29, 0.717) is 6.42 Å². The number of nitrogens with zero attached hydrogens (tertiary/aromatic N) is 1. The molecule has 1 aromatic heterocycles. The van der Waals surface area contributed by atoms with Crippen molar-refractivity contribution in [1.82, 2.24) is 9.29 Å². The van der Waals surface area contributed by atoms with Crippen LogP contribution in [0.15, 0.2) is 23.4 Å². The first-order valence-corrected chi connectivity index (χ1v) is 6.75. The monoisotopic (exact) mass is 262 g/mol. The van der Waals surface area contributed by atoms with Gasteiger partial charge in [-0.25, -0.2) is 13.1 Å². The molecule has 17 heavy (non-hydrogen) atoms. The van der Waals surface area contributed by atoms with Crippen LogP contribution < -0.4 is 4.72 Å². The highest BCUT2D eigenvalue weighted by Crippen LogP contribution is 2.15. The molecule has 7 heteroatoms. The Morgan fingerprint density at radius 3 is 2.35 bits per heavy atom. The van der Waals surface area contributed by atoms with E-state index in [-0.39, 0.29) is 4.90 Å². The van der Waals surface area contributed by atoms with Crippen LogP contribution in [0.5, 0.6) is 0 Å². The average Bonchev–Trinajstić information content (AvgIpc) is 2.74. The van der Waals surface area contributed by atoms with Gasteiger partial charge in [-0.3, -0.25) is 0 Å². The Labute approximate surface area is 101 Å². The number of hydrogen-bond acceptors (Lipinski definition) is 4. The molecule has 1 aromatic rings.